The molecular formula is C19H24N8O2. The van der Waals surface area contributed by atoms with Gasteiger partial charge in [-0.15, -0.1) is 0 Å². The van der Waals surface area contributed by atoms with Gasteiger partial charge < -0.3 is 24.7 Å². The Balaban J connectivity index is 1.60. The molecule has 1 aliphatic heterocycles. The SMILES string of the molecule is CCOc1nc(N2CCNCC2)ncc1C(=O)Nc1cn2cc(C)nc2c(C)n1. The molecule has 1 saturated heterocycles. The number of nitrogens with one attached hydrogen (secondary N) is 2. The summed E-state index contributed by atoms with van der Waals surface area (Å²) in [5.74, 6) is 0.884. The van der Waals surface area contributed by atoms with Gasteiger partial charge in [-0.2, -0.15) is 4.98 Å². The van der Waals surface area contributed by atoms with Crippen molar-refractivity contribution in [2.75, 3.05) is 43.0 Å². The molecule has 1 aliphatic rings. The number of aryl methyl sites for hydroxylation is 2. The first kappa shape index (κ1) is 19.1. The summed E-state index contributed by atoms with van der Waals surface area (Å²) in [4.78, 5) is 32.7. The van der Waals surface area contributed by atoms with Gasteiger partial charge in [0.2, 0.25) is 11.8 Å². The topological polar surface area (TPSA) is 110 Å². The molecule has 0 radical (unpaired) electrons. The fourth-order valence-electron chi connectivity index (χ4n) is 3.29. The van der Waals surface area contributed by atoms with Crippen molar-refractivity contribution in [3.63, 3.8) is 0 Å². The zero-order chi connectivity index (χ0) is 20.4. The highest BCUT2D eigenvalue weighted by molar-refractivity contribution is 6.05. The molecule has 0 atom stereocenters. The number of piperazine rings is 1. The molecule has 10 nitrogen and oxygen atoms in total. The second-order valence-electron chi connectivity index (χ2n) is 6.84. The smallest absolute Gasteiger partial charge is 0.263 e. The maximum atomic E-state index is 12.9. The van der Waals surface area contributed by atoms with Gasteiger partial charge in [-0.25, -0.2) is 15.0 Å². The van der Waals surface area contributed by atoms with Gasteiger partial charge in [0.15, 0.2) is 5.65 Å². The van der Waals surface area contributed by atoms with E-state index in [2.05, 4.69) is 35.5 Å². The average molecular weight is 396 g/mol. The minimum Gasteiger partial charge on any atom is -0.477 e. The Labute approximate surface area is 168 Å². The molecular weight excluding hydrogens is 372 g/mol. The van der Waals surface area contributed by atoms with E-state index in [9.17, 15) is 4.79 Å². The van der Waals surface area contributed by atoms with E-state index in [1.54, 1.807) is 6.20 Å². The molecule has 1 fully saturated rings. The van der Waals surface area contributed by atoms with Crippen LogP contribution in [0.5, 0.6) is 5.88 Å². The summed E-state index contributed by atoms with van der Waals surface area (Å²) in [6, 6.07) is 0. The molecule has 4 rings (SSSR count). The Hall–Kier alpha value is -3.27. The lowest BCUT2D eigenvalue weighted by atomic mass is 10.3. The fourth-order valence-corrected chi connectivity index (χ4v) is 3.29. The van der Waals surface area contributed by atoms with Crippen LogP contribution in [0.3, 0.4) is 0 Å². The number of hydrogen-bond donors (Lipinski definition) is 2. The summed E-state index contributed by atoms with van der Waals surface area (Å²) < 4.78 is 7.48. The molecule has 10 heteroatoms. The molecule has 0 aliphatic carbocycles. The third kappa shape index (κ3) is 3.97. The predicted molar refractivity (Wildman–Crippen MR) is 109 cm³/mol. The minimum atomic E-state index is -0.372. The fraction of sp³-hybridized carbons (Fsp3) is 0.421. The van der Waals surface area contributed by atoms with Crippen LogP contribution < -0.4 is 20.3 Å². The standard InChI is InChI=1S/C19H24N8O2/c1-4-29-18-14(9-21-19(25-18)26-7-5-20-6-8-26)17(28)24-15-11-27-10-12(2)22-16(27)13(3)23-15/h9-11,20H,4-8H2,1-3H3,(H,24,28). The van der Waals surface area contributed by atoms with Crippen LogP contribution in [0.1, 0.15) is 28.7 Å². The Morgan fingerprint density at radius 2 is 2.00 bits per heavy atom. The van der Waals surface area contributed by atoms with E-state index in [0.29, 0.717) is 18.4 Å². The number of anilines is 2. The van der Waals surface area contributed by atoms with Crippen molar-refractivity contribution >= 4 is 23.3 Å². The van der Waals surface area contributed by atoms with Crippen LogP contribution in [0.2, 0.25) is 0 Å². The Morgan fingerprint density at radius 1 is 1.21 bits per heavy atom. The molecule has 0 unspecified atom stereocenters. The van der Waals surface area contributed by atoms with E-state index in [0.717, 1.165) is 43.2 Å². The molecule has 1 amide bonds. The summed E-state index contributed by atoms with van der Waals surface area (Å²) >= 11 is 0. The van der Waals surface area contributed by atoms with Crippen molar-refractivity contribution < 1.29 is 9.53 Å². The first-order valence-electron chi connectivity index (χ1n) is 9.65. The van der Waals surface area contributed by atoms with Gasteiger partial charge in [0.1, 0.15) is 11.4 Å². The highest BCUT2D eigenvalue weighted by Gasteiger charge is 2.20. The molecule has 2 N–H and O–H groups in total. The summed E-state index contributed by atoms with van der Waals surface area (Å²) in [5.41, 5.74) is 2.64. The quantitative estimate of drug-likeness (QED) is 0.662. The third-order valence-electron chi connectivity index (χ3n) is 4.63. The number of carbonyl (C=O) groups is 1. The Bertz CT molecular complexity index is 1040. The van der Waals surface area contributed by atoms with Crippen LogP contribution in [0.15, 0.2) is 18.6 Å². The van der Waals surface area contributed by atoms with E-state index >= 15 is 0 Å². The van der Waals surface area contributed by atoms with E-state index < -0.39 is 0 Å². The molecule has 0 bridgehead atoms. The van der Waals surface area contributed by atoms with Crippen LogP contribution in [0.4, 0.5) is 11.8 Å². The largest absolute Gasteiger partial charge is 0.477 e. The van der Waals surface area contributed by atoms with Crippen molar-refractivity contribution in [3.05, 3.63) is 35.5 Å². The Morgan fingerprint density at radius 3 is 2.76 bits per heavy atom. The number of rotatable bonds is 5. The van der Waals surface area contributed by atoms with Crippen molar-refractivity contribution in [3.8, 4) is 5.88 Å². The van der Waals surface area contributed by atoms with Gasteiger partial charge in [0.05, 0.1) is 24.2 Å². The highest BCUT2D eigenvalue weighted by Crippen LogP contribution is 2.21. The van der Waals surface area contributed by atoms with Crippen LogP contribution in [-0.2, 0) is 0 Å². The number of amides is 1. The first-order chi connectivity index (χ1) is 14.0. The average Bonchev–Trinajstić information content (AvgIpc) is 3.09. The summed E-state index contributed by atoms with van der Waals surface area (Å²) in [5, 5.41) is 6.11. The lowest BCUT2D eigenvalue weighted by molar-refractivity contribution is 0.102. The molecule has 0 spiro atoms. The number of nitrogens with zero attached hydrogens (tertiary/aromatic N) is 6. The number of fused-ring (bicyclic) bond motifs is 1. The third-order valence-corrected chi connectivity index (χ3v) is 4.63. The maximum Gasteiger partial charge on any atom is 0.263 e. The molecule has 152 valence electrons. The van der Waals surface area contributed by atoms with Gasteiger partial charge in [-0.1, -0.05) is 0 Å². The van der Waals surface area contributed by atoms with E-state index in [1.807, 2.05) is 31.4 Å². The number of imidazole rings is 1. The van der Waals surface area contributed by atoms with Crippen LogP contribution in [-0.4, -0.2) is 63.0 Å². The number of ether oxygens (including phenoxy) is 1. The van der Waals surface area contributed by atoms with E-state index in [1.165, 1.54) is 6.20 Å². The molecule has 3 aromatic heterocycles. The van der Waals surface area contributed by atoms with Crippen molar-refractivity contribution in [1.82, 2.24) is 29.7 Å². The normalized spacial score (nSPS) is 14.2. The van der Waals surface area contributed by atoms with Crippen molar-refractivity contribution in [1.29, 1.82) is 0 Å². The lowest BCUT2D eigenvalue weighted by Crippen LogP contribution is -2.44. The molecule has 4 heterocycles. The van der Waals surface area contributed by atoms with Gasteiger partial charge in [0, 0.05) is 38.6 Å². The summed E-state index contributed by atoms with van der Waals surface area (Å²) in [6.45, 7) is 9.39. The van der Waals surface area contributed by atoms with Gasteiger partial charge in [-0.05, 0) is 20.8 Å². The van der Waals surface area contributed by atoms with Gasteiger partial charge in [-0.3, -0.25) is 4.79 Å². The first-order valence-corrected chi connectivity index (χ1v) is 9.65. The molecule has 29 heavy (non-hydrogen) atoms. The number of carbonyl (C=O) groups excluding carboxylic acids is 1. The molecule has 0 aromatic carbocycles. The second-order valence-corrected chi connectivity index (χ2v) is 6.84. The molecule has 3 aromatic rings. The van der Waals surface area contributed by atoms with Crippen LogP contribution in [0, 0.1) is 13.8 Å². The minimum absolute atomic E-state index is 0.268. The van der Waals surface area contributed by atoms with Crippen LogP contribution >= 0.6 is 0 Å². The maximum absolute atomic E-state index is 12.9. The second kappa shape index (κ2) is 8.00. The summed E-state index contributed by atoms with van der Waals surface area (Å²) in [7, 11) is 0. The highest BCUT2D eigenvalue weighted by atomic mass is 16.5. The zero-order valence-corrected chi connectivity index (χ0v) is 16.8. The Kier molecular flexibility index (Phi) is 5.26. The van der Waals surface area contributed by atoms with Crippen molar-refractivity contribution in [2.24, 2.45) is 0 Å². The predicted octanol–water partition coefficient (Wildman–Crippen LogP) is 1.20. The number of aromatic nitrogens is 5. The lowest BCUT2D eigenvalue weighted by Gasteiger charge is -2.27. The summed E-state index contributed by atoms with van der Waals surface area (Å²) in [6.07, 6.45) is 5.13. The van der Waals surface area contributed by atoms with E-state index in [4.69, 9.17) is 4.74 Å². The monoisotopic (exact) mass is 396 g/mol. The molecule has 0 saturated carbocycles. The van der Waals surface area contributed by atoms with Gasteiger partial charge >= 0.3 is 0 Å². The zero-order valence-electron chi connectivity index (χ0n) is 16.8. The van der Waals surface area contributed by atoms with E-state index in [-0.39, 0.29) is 17.4 Å². The number of hydrogen-bond acceptors (Lipinski definition) is 8. The van der Waals surface area contributed by atoms with Crippen molar-refractivity contribution in [2.45, 2.75) is 20.8 Å². The van der Waals surface area contributed by atoms with Gasteiger partial charge in [0.25, 0.3) is 5.91 Å². The van der Waals surface area contributed by atoms with Crippen LogP contribution in [0.25, 0.3) is 5.65 Å².